The fraction of sp³-hybridized carbons (Fsp3) is 0.923. The largest absolute Gasteiger partial charge is 0.396 e. The molecule has 2 unspecified atom stereocenters. The first kappa shape index (κ1) is 13.5. The molecule has 3 nitrogen and oxygen atoms in total. The molecule has 0 aromatic rings. The third kappa shape index (κ3) is 3.21. The van der Waals surface area contributed by atoms with Crippen LogP contribution in [0.5, 0.6) is 0 Å². The molecule has 0 aliphatic carbocycles. The Bertz CT molecular complexity index is 228. The average molecular weight is 227 g/mol. The number of carbonyl (C=O) groups excluding carboxylic acids is 1. The summed E-state index contributed by atoms with van der Waals surface area (Å²) in [5.41, 5.74) is 0. The zero-order valence-electron chi connectivity index (χ0n) is 10.8. The SMILES string of the molecule is CC(C)C(C)C(=O)N1CCCC1CCCO. The third-order valence-electron chi connectivity index (χ3n) is 3.75. The zero-order valence-corrected chi connectivity index (χ0v) is 10.8. The molecule has 0 radical (unpaired) electrons. The van der Waals surface area contributed by atoms with Crippen molar-refractivity contribution in [1.29, 1.82) is 0 Å². The molecule has 3 heteroatoms. The molecule has 1 N–H and O–H groups in total. The van der Waals surface area contributed by atoms with Gasteiger partial charge in [-0.3, -0.25) is 4.79 Å². The van der Waals surface area contributed by atoms with Crippen LogP contribution >= 0.6 is 0 Å². The molecule has 1 rings (SSSR count). The van der Waals surface area contributed by atoms with Crippen molar-refractivity contribution in [3.05, 3.63) is 0 Å². The fourth-order valence-corrected chi connectivity index (χ4v) is 2.30. The minimum Gasteiger partial charge on any atom is -0.396 e. The van der Waals surface area contributed by atoms with E-state index in [2.05, 4.69) is 13.8 Å². The van der Waals surface area contributed by atoms with E-state index in [4.69, 9.17) is 5.11 Å². The van der Waals surface area contributed by atoms with Gasteiger partial charge in [0.25, 0.3) is 0 Å². The number of hydrogen-bond donors (Lipinski definition) is 1. The number of amides is 1. The average Bonchev–Trinajstić information content (AvgIpc) is 2.72. The summed E-state index contributed by atoms with van der Waals surface area (Å²) in [6, 6.07) is 0.376. The summed E-state index contributed by atoms with van der Waals surface area (Å²) in [6.07, 6.45) is 3.99. The van der Waals surface area contributed by atoms with Gasteiger partial charge in [0.1, 0.15) is 0 Å². The Hall–Kier alpha value is -0.570. The lowest BCUT2D eigenvalue weighted by Gasteiger charge is -2.28. The van der Waals surface area contributed by atoms with Crippen LogP contribution in [0.25, 0.3) is 0 Å². The maximum atomic E-state index is 12.2. The first-order chi connectivity index (χ1) is 7.57. The Kier molecular flexibility index (Phi) is 5.26. The molecule has 0 aromatic carbocycles. The Morgan fingerprint density at radius 2 is 2.12 bits per heavy atom. The number of rotatable bonds is 5. The maximum Gasteiger partial charge on any atom is 0.225 e. The predicted octanol–water partition coefficient (Wildman–Crippen LogP) is 2.04. The van der Waals surface area contributed by atoms with Gasteiger partial charge in [-0.1, -0.05) is 20.8 Å². The van der Waals surface area contributed by atoms with E-state index in [0.717, 1.165) is 32.2 Å². The molecule has 0 saturated carbocycles. The summed E-state index contributed by atoms with van der Waals surface area (Å²) in [5.74, 6) is 0.830. The predicted molar refractivity (Wildman–Crippen MR) is 65.1 cm³/mol. The summed E-state index contributed by atoms with van der Waals surface area (Å²) in [5, 5.41) is 8.85. The monoisotopic (exact) mass is 227 g/mol. The first-order valence-electron chi connectivity index (χ1n) is 6.49. The third-order valence-corrected chi connectivity index (χ3v) is 3.75. The molecule has 1 fully saturated rings. The summed E-state index contributed by atoms with van der Waals surface area (Å²) in [4.78, 5) is 14.3. The Labute approximate surface area is 98.8 Å². The summed E-state index contributed by atoms with van der Waals surface area (Å²) < 4.78 is 0. The van der Waals surface area contributed by atoms with Crippen LogP contribution in [0.3, 0.4) is 0 Å². The molecule has 0 spiro atoms. The zero-order chi connectivity index (χ0) is 12.1. The van der Waals surface area contributed by atoms with Gasteiger partial charge in [-0.2, -0.15) is 0 Å². The highest BCUT2D eigenvalue weighted by Crippen LogP contribution is 2.25. The van der Waals surface area contributed by atoms with Gasteiger partial charge in [-0.15, -0.1) is 0 Å². The number of carbonyl (C=O) groups is 1. The van der Waals surface area contributed by atoms with Crippen molar-refractivity contribution in [1.82, 2.24) is 4.90 Å². The van der Waals surface area contributed by atoms with Crippen LogP contribution in [0.2, 0.25) is 0 Å². The van der Waals surface area contributed by atoms with E-state index in [0.29, 0.717) is 17.9 Å². The van der Waals surface area contributed by atoms with Crippen molar-refractivity contribution in [3.63, 3.8) is 0 Å². The molecule has 1 amide bonds. The van der Waals surface area contributed by atoms with Crippen molar-refractivity contribution in [2.24, 2.45) is 11.8 Å². The minimum absolute atomic E-state index is 0.120. The second-order valence-electron chi connectivity index (χ2n) is 5.23. The molecule has 1 heterocycles. The summed E-state index contributed by atoms with van der Waals surface area (Å²) in [7, 11) is 0. The molecule has 1 aliphatic heterocycles. The van der Waals surface area contributed by atoms with Gasteiger partial charge in [0, 0.05) is 25.1 Å². The minimum atomic E-state index is 0.120. The van der Waals surface area contributed by atoms with E-state index in [9.17, 15) is 4.79 Å². The number of aliphatic hydroxyl groups is 1. The van der Waals surface area contributed by atoms with Crippen molar-refractivity contribution in [2.75, 3.05) is 13.2 Å². The summed E-state index contributed by atoms with van der Waals surface area (Å²) in [6.45, 7) is 7.36. The van der Waals surface area contributed by atoms with E-state index in [1.807, 2.05) is 11.8 Å². The standard InChI is InChI=1S/C13H25NO2/c1-10(2)11(3)13(16)14-8-4-6-12(14)7-5-9-15/h10-12,15H,4-9H2,1-3H3. The van der Waals surface area contributed by atoms with Crippen LogP contribution in [-0.2, 0) is 4.79 Å². The van der Waals surface area contributed by atoms with E-state index in [-0.39, 0.29) is 12.5 Å². The van der Waals surface area contributed by atoms with Gasteiger partial charge in [0.15, 0.2) is 0 Å². The number of nitrogens with zero attached hydrogens (tertiary/aromatic N) is 1. The smallest absolute Gasteiger partial charge is 0.225 e. The lowest BCUT2D eigenvalue weighted by atomic mass is 9.96. The van der Waals surface area contributed by atoms with Gasteiger partial charge >= 0.3 is 0 Å². The van der Waals surface area contributed by atoms with Gasteiger partial charge in [-0.05, 0) is 31.6 Å². The Morgan fingerprint density at radius 3 is 2.69 bits per heavy atom. The molecule has 0 bridgehead atoms. The lowest BCUT2D eigenvalue weighted by molar-refractivity contribution is -0.137. The van der Waals surface area contributed by atoms with E-state index < -0.39 is 0 Å². The molecular formula is C13H25NO2. The topological polar surface area (TPSA) is 40.5 Å². The molecule has 16 heavy (non-hydrogen) atoms. The van der Waals surface area contributed by atoms with E-state index >= 15 is 0 Å². The molecule has 1 aliphatic rings. The van der Waals surface area contributed by atoms with Crippen LogP contribution in [0.15, 0.2) is 0 Å². The van der Waals surface area contributed by atoms with Crippen LogP contribution < -0.4 is 0 Å². The van der Waals surface area contributed by atoms with Gasteiger partial charge < -0.3 is 10.0 Å². The second kappa shape index (κ2) is 6.24. The van der Waals surface area contributed by atoms with E-state index in [1.165, 1.54) is 0 Å². The van der Waals surface area contributed by atoms with Crippen LogP contribution in [-0.4, -0.2) is 35.1 Å². The Balaban J connectivity index is 2.53. The van der Waals surface area contributed by atoms with Gasteiger partial charge in [-0.25, -0.2) is 0 Å². The lowest BCUT2D eigenvalue weighted by Crippen LogP contribution is -2.40. The molecular weight excluding hydrogens is 202 g/mol. The second-order valence-corrected chi connectivity index (χ2v) is 5.23. The Morgan fingerprint density at radius 1 is 1.44 bits per heavy atom. The molecule has 94 valence electrons. The molecule has 1 saturated heterocycles. The summed E-state index contributed by atoms with van der Waals surface area (Å²) >= 11 is 0. The van der Waals surface area contributed by atoms with Crippen LogP contribution in [0.4, 0.5) is 0 Å². The molecule has 0 aromatic heterocycles. The van der Waals surface area contributed by atoms with E-state index in [1.54, 1.807) is 0 Å². The van der Waals surface area contributed by atoms with Crippen LogP contribution in [0, 0.1) is 11.8 Å². The van der Waals surface area contributed by atoms with Crippen molar-refractivity contribution < 1.29 is 9.90 Å². The fourth-order valence-electron chi connectivity index (χ4n) is 2.30. The normalized spacial score (nSPS) is 22.8. The molecule has 2 atom stereocenters. The van der Waals surface area contributed by atoms with Crippen LogP contribution in [0.1, 0.15) is 46.5 Å². The quantitative estimate of drug-likeness (QED) is 0.781. The van der Waals surface area contributed by atoms with Crippen molar-refractivity contribution in [3.8, 4) is 0 Å². The maximum absolute atomic E-state index is 12.2. The number of hydrogen-bond acceptors (Lipinski definition) is 2. The van der Waals surface area contributed by atoms with Gasteiger partial charge in [0.05, 0.1) is 0 Å². The highest BCUT2D eigenvalue weighted by atomic mass is 16.3. The van der Waals surface area contributed by atoms with Crippen molar-refractivity contribution in [2.45, 2.75) is 52.5 Å². The highest BCUT2D eigenvalue weighted by molar-refractivity contribution is 5.79. The van der Waals surface area contributed by atoms with Gasteiger partial charge in [0.2, 0.25) is 5.91 Å². The first-order valence-corrected chi connectivity index (χ1v) is 6.49. The number of aliphatic hydroxyl groups excluding tert-OH is 1. The number of likely N-dealkylation sites (tertiary alicyclic amines) is 1. The highest BCUT2D eigenvalue weighted by Gasteiger charge is 2.31. The van der Waals surface area contributed by atoms with Crippen molar-refractivity contribution >= 4 is 5.91 Å².